The molecule has 4 atom stereocenters. The van der Waals surface area contributed by atoms with Crippen molar-refractivity contribution in [3.05, 3.63) is 0 Å². The van der Waals surface area contributed by atoms with Crippen molar-refractivity contribution in [2.24, 2.45) is 17.8 Å². The van der Waals surface area contributed by atoms with Crippen LogP contribution in [0.3, 0.4) is 0 Å². The highest BCUT2D eigenvalue weighted by atomic mass is 16.3. The normalized spacial score (nSPS) is 32.6. The van der Waals surface area contributed by atoms with Crippen LogP contribution in [0.2, 0.25) is 0 Å². The molecular formula is C13H26O. The summed E-state index contributed by atoms with van der Waals surface area (Å²) in [6.45, 7) is 6.63. The van der Waals surface area contributed by atoms with Gasteiger partial charge in [0.2, 0.25) is 0 Å². The maximum absolute atomic E-state index is 9.89. The Kier molecular flexibility index (Phi) is 4.94. The minimum atomic E-state index is -0.0767. The van der Waals surface area contributed by atoms with E-state index in [2.05, 4.69) is 20.8 Å². The van der Waals surface area contributed by atoms with Crippen LogP contribution in [0.5, 0.6) is 0 Å². The zero-order valence-electron chi connectivity index (χ0n) is 10.00. The lowest BCUT2D eigenvalue weighted by Gasteiger charge is -2.37. The van der Waals surface area contributed by atoms with Crippen LogP contribution in [0.15, 0.2) is 0 Å². The number of hydrogen-bond acceptors (Lipinski definition) is 1. The van der Waals surface area contributed by atoms with Crippen LogP contribution in [0.4, 0.5) is 0 Å². The summed E-state index contributed by atoms with van der Waals surface area (Å²) in [6, 6.07) is 0. The van der Waals surface area contributed by atoms with Gasteiger partial charge in [0, 0.05) is 0 Å². The Bertz CT molecular complexity index is 155. The van der Waals surface area contributed by atoms with E-state index in [1.165, 1.54) is 32.1 Å². The van der Waals surface area contributed by atoms with Crippen LogP contribution in [0.1, 0.15) is 59.3 Å². The fourth-order valence-corrected chi connectivity index (χ4v) is 3.09. The van der Waals surface area contributed by atoms with Gasteiger partial charge in [-0.15, -0.1) is 0 Å². The third kappa shape index (κ3) is 2.73. The van der Waals surface area contributed by atoms with E-state index >= 15 is 0 Å². The second-order valence-corrected chi connectivity index (χ2v) is 4.95. The minimum Gasteiger partial charge on any atom is -0.393 e. The Morgan fingerprint density at radius 1 is 1.21 bits per heavy atom. The van der Waals surface area contributed by atoms with Crippen molar-refractivity contribution in [2.45, 2.75) is 65.4 Å². The van der Waals surface area contributed by atoms with Gasteiger partial charge in [0.1, 0.15) is 0 Å². The molecule has 14 heavy (non-hydrogen) atoms. The van der Waals surface area contributed by atoms with E-state index in [0.29, 0.717) is 5.92 Å². The van der Waals surface area contributed by atoms with Crippen molar-refractivity contribution in [3.63, 3.8) is 0 Å². The molecule has 4 unspecified atom stereocenters. The average molecular weight is 198 g/mol. The van der Waals surface area contributed by atoms with Crippen LogP contribution in [0.25, 0.3) is 0 Å². The van der Waals surface area contributed by atoms with Crippen LogP contribution >= 0.6 is 0 Å². The molecule has 0 heterocycles. The van der Waals surface area contributed by atoms with Crippen molar-refractivity contribution in [2.75, 3.05) is 0 Å². The lowest BCUT2D eigenvalue weighted by atomic mass is 9.70. The van der Waals surface area contributed by atoms with Crippen molar-refractivity contribution in [1.29, 1.82) is 0 Å². The minimum absolute atomic E-state index is 0.0767. The fourth-order valence-electron chi connectivity index (χ4n) is 3.09. The number of aliphatic hydroxyl groups excluding tert-OH is 1. The van der Waals surface area contributed by atoms with E-state index in [-0.39, 0.29) is 6.10 Å². The van der Waals surface area contributed by atoms with Gasteiger partial charge in [-0.25, -0.2) is 0 Å². The molecule has 1 rings (SSSR count). The van der Waals surface area contributed by atoms with Gasteiger partial charge < -0.3 is 5.11 Å². The van der Waals surface area contributed by atoms with Gasteiger partial charge in [-0.2, -0.15) is 0 Å². The van der Waals surface area contributed by atoms with E-state index in [0.717, 1.165) is 18.3 Å². The molecule has 1 aliphatic carbocycles. The van der Waals surface area contributed by atoms with Crippen LogP contribution in [-0.2, 0) is 0 Å². The van der Waals surface area contributed by atoms with E-state index in [1.807, 2.05) is 0 Å². The summed E-state index contributed by atoms with van der Waals surface area (Å²) in [6.07, 6.45) is 7.65. The van der Waals surface area contributed by atoms with Gasteiger partial charge in [-0.3, -0.25) is 0 Å². The summed E-state index contributed by atoms with van der Waals surface area (Å²) < 4.78 is 0. The highest BCUT2D eigenvalue weighted by molar-refractivity contribution is 4.81. The van der Waals surface area contributed by atoms with Crippen molar-refractivity contribution in [1.82, 2.24) is 0 Å². The molecule has 84 valence electrons. The molecule has 0 radical (unpaired) electrons. The number of rotatable bonds is 4. The van der Waals surface area contributed by atoms with E-state index in [1.54, 1.807) is 0 Å². The molecular weight excluding hydrogens is 172 g/mol. The predicted molar refractivity (Wildman–Crippen MR) is 61.2 cm³/mol. The Labute approximate surface area is 88.9 Å². The zero-order valence-corrected chi connectivity index (χ0v) is 10.00. The molecule has 1 saturated carbocycles. The molecule has 1 nitrogen and oxygen atoms in total. The molecule has 1 N–H and O–H groups in total. The van der Waals surface area contributed by atoms with Gasteiger partial charge in [-0.1, -0.05) is 46.5 Å². The lowest BCUT2D eigenvalue weighted by molar-refractivity contribution is 0.0402. The molecule has 1 fully saturated rings. The molecule has 0 aromatic heterocycles. The summed E-state index contributed by atoms with van der Waals surface area (Å²) in [4.78, 5) is 0. The Morgan fingerprint density at radius 2 is 1.86 bits per heavy atom. The van der Waals surface area contributed by atoms with E-state index in [4.69, 9.17) is 0 Å². The lowest BCUT2D eigenvalue weighted by Crippen LogP contribution is -2.32. The summed E-state index contributed by atoms with van der Waals surface area (Å²) in [5.41, 5.74) is 0. The van der Waals surface area contributed by atoms with Crippen molar-refractivity contribution in [3.8, 4) is 0 Å². The first kappa shape index (κ1) is 12.0. The summed E-state index contributed by atoms with van der Waals surface area (Å²) in [5.74, 6) is 2.16. The van der Waals surface area contributed by atoms with Gasteiger partial charge in [-0.05, 0) is 30.6 Å². The number of aliphatic hydroxyl groups is 1. The molecule has 1 aliphatic rings. The standard InChI is InChI=1S/C13H26O/c1-4-11-8-6-7-9-12(11)10(3)13(14)5-2/h10-14H,4-9H2,1-3H3. The summed E-state index contributed by atoms with van der Waals surface area (Å²) in [5, 5.41) is 9.89. The Morgan fingerprint density at radius 3 is 2.43 bits per heavy atom. The maximum atomic E-state index is 9.89. The topological polar surface area (TPSA) is 20.2 Å². The van der Waals surface area contributed by atoms with Gasteiger partial charge in [0.15, 0.2) is 0 Å². The first-order valence-corrected chi connectivity index (χ1v) is 6.38. The molecule has 0 bridgehead atoms. The molecule has 0 aromatic rings. The monoisotopic (exact) mass is 198 g/mol. The molecule has 0 amide bonds. The third-order valence-electron chi connectivity index (χ3n) is 4.19. The van der Waals surface area contributed by atoms with Gasteiger partial charge in [0.05, 0.1) is 6.10 Å². The molecule has 0 aliphatic heterocycles. The molecule has 1 heteroatoms. The second kappa shape index (κ2) is 5.75. The van der Waals surface area contributed by atoms with Crippen LogP contribution < -0.4 is 0 Å². The molecule has 0 aromatic carbocycles. The van der Waals surface area contributed by atoms with Crippen LogP contribution in [0, 0.1) is 17.8 Å². The SMILES string of the molecule is CCC(O)C(C)C1CCCCC1CC. The van der Waals surface area contributed by atoms with Crippen LogP contribution in [-0.4, -0.2) is 11.2 Å². The smallest absolute Gasteiger partial charge is 0.0565 e. The Hall–Kier alpha value is -0.0400. The summed E-state index contributed by atoms with van der Waals surface area (Å²) in [7, 11) is 0. The maximum Gasteiger partial charge on any atom is 0.0565 e. The quantitative estimate of drug-likeness (QED) is 0.731. The third-order valence-corrected chi connectivity index (χ3v) is 4.19. The van der Waals surface area contributed by atoms with Crippen molar-refractivity contribution < 1.29 is 5.11 Å². The zero-order chi connectivity index (χ0) is 10.6. The van der Waals surface area contributed by atoms with E-state index < -0.39 is 0 Å². The fraction of sp³-hybridized carbons (Fsp3) is 1.00. The first-order valence-electron chi connectivity index (χ1n) is 6.38. The predicted octanol–water partition coefficient (Wildman–Crippen LogP) is 3.61. The number of hydrogen-bond donors (Lipinski definition) is 1. The Balaban J connectivity index is 2.53. The second-order valence-electron chi connectivity index (χ2n) is 4.95. The highest BCUT2D eigenvalue weighted by Gasteiger charge is 2.31. The average Bonchev–Trinajstić information content (AvgIpc) is 2.26. The molecule has 0 saturated heterocycles. The van der Waals surface area contributed by atoms with Crippen molar-refractivity contribution >= 4 is 0 Å². The van der Waals surface area contributed by atoms with Gasteiger partial charge in [0.25, 0.3) is 0 Å². The largest absolute Gasteiger partial charge is 0.393 e. The van der Waals surface area contributed by atoms with Gasteiger partial charge >= 0.3 is 0 Å². The van der Waals surface area contributed by atoms with E-state index in [9.17, 15) is 5.11 Å². The molecule has 0 spiro atoms. The summed E-state index contributed by atoms with van der Waals surface area (Å²) >= 11 is 0. The highest BCUT2D eigenvalue weighted by Crippen LogP contribution is 2.38. The first-order chi connectivity index (χ1) is 6.70.